The molecule has 0 unspecified atom stereocenters. The third-order valence-corrected chi connectivity index (χ3v) is 4.09. The van der Waals surface area contributed by atoms with E-state index in [-0.39, 0.29) is 5.91 Å². The van der Waals surface area contributed by atoms with Crippen LogP contribution in [0, 0.1) is 13.8 Å². The maximum absolute atomic E-state index is 12.3. The van der Waals surface area contributed by atoms with Gasteiger partial charge in [-0.3, -0.25) is 9.78 Å². The molecule has 0 bridgehead atoms. The molecule has 0 atom stereocenters. The third-order valence-electron chi connectivity index (χ3n) is 3.41. The van der Waals surface area contributed by atoms with Gasteiger partial charge in [-0.25, -0.2) is 0 Å². The number of rotatable bonds is 4. The van der Waals surface area contributed by atoms with Crippen LogP contribution in [0.1, 0.15) is 27.4 Å². The Balaban J connectivity index is 1.77. The van der Waals surface area contributed by atoms with E-state index in [1.54, 1.807) is 30.5 Å². The van der Waals surface area contributed by atoms with Crippen LogP contribution in [0.3, 0.4) is 0 Å². The molecule has 0 aliphatic rings. The lowest BCUT2D eigenvalue weighted by Gasteiger charge is -2.08. The van der Waals surface area contributed by atoms with Crippen molar-refractivity contribution in [1.29, 1.82) is 0 Å². The summed E-state index contributed by atoms with van der Waals surface area (Å²) >= 11 is 1.63. The van der Waals surface area contributed by atoms with Gasteiger partial charge in [0.1, 0.15) is 11.5 Å². The van der Waals surface area contributed by atoms with Crippen LogP contribution in [0.5, 0.6) is 0 Å². The molecule has 3 rings (SSSR count). The van der Waals surface area contributed by atoms with Crippen LogP contribution in [-0.4, -0.2) is 10.9 Å². The van der Waals surface area contributed by atoms with E-state index < -0.39 is 0 Å². The number of nitrogens with one attached hydrogen (secondary N) is 1. The number of hydrogen-bond acceptors (Lipinski definition) is 4. The van der Waals surface area contributed by atoms with E-state index in [1.165, 1.54) is 0 Å². The quantitative estimate of drug-likeness (QED) is 0.793. The molecular formula is C17H16N2O2S. The van der Waals surface area contributed by atoms with Crippen LogP contribution < -0.4 is 5.32 Å². The van der Waals surface area contributed by atoms with Gasteiger partial charge in [0.25, 0.3) is 5.91 Å². The van der Waals surface area contributed by atoms with Crippen molar-refractivity contribution < 1.29 is 9.21 Å². The van der Waals surface area contributed by atoms with Crippen LogP contribution in [0.2, 0.25) is 0 Å². The summed E-state index contributed by atoms with van der Waals surface area (Å²) in [5.41, 5.74) is 3.56. The van der Waals surface area contributed by atoms with Crippen molar-refractivity contribution in [3.8, 4) is 11.3 Å². The Kier molecular flexibility index (Phi) is 4.06. The van der Waals surface area contributed by atoms with Crippen molar-refractivity contribution in [2.75, 3.05) is 0 Å². The van der Waals surface area contributed by atoms with E-state index in [0.29, 0.717) is 17.9 Å². The zero-order valence-electron chi connectivity index (χ0n) is 12.4. The first kappa shape index (κ1) is 14.5. The fourth-order valence-electron chi connectivity index (χ4n) is 2.37. The highest BCUT2D eigenvalue weighted by molar-refractivity contribution is 7.08. The summed E-state index contributed by atoms with van der Waals surface area (Å²) in [6, 6.07) is 7.65. The first-order chi connectivity index (χ1) is 10.6. The molecule has 0 saturated carbocycles. The number of thiophene rings is 1. The number of amides is 1. The number of pyridine rings is 1. The molecule has 3 heterocycles. The molecule has 0 aliphatic carbocycles. The number of aromatic nitrogens is 1. The summed E-state index contributed by atoms with van der Waals surface area (Å²) in [6.07, 6.45) is 1.77. The van der Waals surface area contributed by atoms with E-state index in [2.05, 4.69) is 15.7 Å². The predicted molar refractivity (Wildman–Crippen MR) is 86.9 cm³/mol. The zero-order chi connectivity index (χ0) is 15.5. The molecule has 0 spiro atoms. The third kappa shape index (κ3) is 2.94. The molecule has 4 nitrogen and oxygen atoms in total. The van der Waals surface area contributed by atoms with Crippen molar-refractivity contribution in [3.05, 3.63) is 63.9 Å². The number of aryl methyl sites for hydroxylation is 2. The monoisotopic (exact) mass is 312 g/mol. The normalized spacial score (nSPS) is 10.6. The average Bonchev–Trinajstić information content (AvgIpc) is 3.15. The first-order valence-corrected chi connectivity index (χ1v) is 7.91. The number of nitrogens with zero attached hydrogens (tertiary/aromatic N) is 1. The van der Waals surface area contributed by atoms with Crippen LogP contribution in [0.25, 0.3) is 11.3 Å². The number of carbonyl (C=O) groups excluding carboxylic acids is 1. The Labute approximate surface area is 132 Å². The van der Waals surface area contributed by atoms with E-state index in [0.717, 1.165) is 22.6 Å². The zero-order valence-corrected chi connectivity index (χ0v) is 13.2. The standard InChI is InChI=1S/C17H16N2O2S/c1-11-8-15(12(2)21-11)17(20)19-9-13-4-3-6-18-16(13)14-5-7-22-10-14/h3-8,10H,9H2,1-2H3,(H,19,20). The maximum atomic E-state index is 12.3. The van der Waals surface area contributed by atoms with Crippen LogP contribution in [0.15, 0.2) is 45.6 Å². The van der Waals surface area contributed by atoms with Gasteiger partial charge in [0.2, 0.25) is 0 Å². The van der Waals surface area contributed by atoms with Crippen LogP contribution in [0.4, 0.5) is 0 Å². The molecule has 3 aromatic heterocycles. The molecule has 1 amide bonds. The molecule has 112 valence electrons. The van der Waals surface area contributed by atoms with E-state index in [1.807, 2.05) is 30.5 Å². The van der Waals surface area contributed by atoms with Gasteiger partial charge in [-0.1, -0.05) is 6.07 Å². The molecule has 0 radical (unpaired) electrons. The highest BCUT2D eigenvalue weighted by atomic mass is 32.1. The second kappa shape index (κ2) is 6.15. The summed E-state index contributed by atoms with van der Waals surface area (Å²) in [5.74, 6) is 1.25. The van der Waals surface area contributed by atoms with Gasteiger partial charge in [-0.2, -0.15) is 11.3 Å². The van der Waals surface area contributed by atoms with Gasteiger partial charge in [-0.05, 0) is 43.0 Å². The Hall–Kier alpha value is -2.40. The molecule has 22 heavy (non-hydrogen) atoms. The fraction of sp³-hybridized carbons (Fsp3) is 0.176. The number of furan rings is 1. The van der Waals surface area contributed by atoms with Crippen molar-refractivity contribution in [3.63, 3.8) is 0 Å². The van der Waals surface area contributed by atoms with Crippen LogP contribution in [-0.2, 0) is 6.54 Å². The lowest BCUT2D eigenvalue weighted by molar-refractivity contribution is 0.0949. The Bertz CT molecular complexity index is 791. The number of hydrogen-bond donors (Lipinski definition) is 1. The lowest BCUT2D eigenvalue weighted by Crippen LogP contribution is -2.23. The lowest BCUT2D eigenvalue weighted by atomic mass is 10.1. The molecule has 0 saturated heterocycles. The van der Waals surface area contributed by atoms with Crippen LogP contribution >= 0.6 is 11.3 Å². The molecule has 0 aromatic carbocycles. The topological polar surface area (TPSA) is 55.1 Å². The Morgan fingerprint density at radius 1 is 1.36 bits per heavy atom. The van der Waals surface area contributed by atoms with Gasteiger partial charge in [0, 0.05) is 23.7 Å². The highest BCUT2D eigenvalue weighted by Gasteiger charge is 2.14. The van der Waals surface area contributed by atoms with Gasteiger partial charge < -0.3 is 9.73 Å². The second-order valence-electron chi connectivity index (χ2n) is 5.03. The minimum Gasteiger partial charge on any atom is -0.466 e. The van der Waals surface area contributed by atoms with E-state index in [4.69, 9.17) is 4.42 Å². The van der Waals surface area contributed by atoms with Crippen molar-refractivity contribution in [2.24, 2.45) is 0 Å². The fourth-order valence-corrected chi connectivity index (χ4v) is 3.01. The minimum absolute atomic E-state index is 0.130. The summed E-state index contributed by atoms with van der Waals surface area (Å²) in [4.78, 5) is 16.7. The maximum Gasteiger partial charge on any atom is 0.255 e. The van der Waals surface area contributed by atoms with E-state index in [9.17, 15) is 4.79 Å². The highest BCUT2D eigenvalue weighted by Crippen LogP contribution is 2.23. The Morgan fingerprint density at radius 2 is 2.23 bits per heavy atom. The SMILES string of the molecule is Cc1cc(C(=O)NCc2cccnc2-c2ccsc2)c(C)o1. The second-order valence-corrected chi connectivity index (χ2v) is 5.81. The Morgan fingerprint density at radius 3 is 2.91 bits per heavy atom. The molecule has 0 aliphatic heterocycles. The minimum atomic E-state index is -0.130. The largest absolute Gasteiger partial charge is 0.466 e. The summed E-state index contributed by atoms with van der Waals surface area (Å²) in [7, 11) is 0. The van der Waals surface area contributed by atoms with Crippen molar-refractivity contribution in [2.45, 2.75) is 20.4 Å². The predicted octanol–water partition coefficient (Wildman–Crippen LogP) is 3.95. The van der Waals surface area contributed by atoms with Gasteiger partial charge in [0.05, 0.1) is 11.3 Å². The summed E-state index contributed by atoms with van der Waals surface area (Å²) in [6.45, 7) is 4.06. The van der Waals surface area contributed by atoms with Crippen molar-refractivity contribution in [1.82, 2.24) is 10.3 Å². The van der Waals surface area contributed by atoms with Gasteiger partial charge in [0.15, 0.2) is 0 Å². The van der Waals surface area contributed by atoms with Gasteiger partial charge in [-0.15, -0.1) is 0 Å². The molecule has 5 heteroatoms. The molecular weight excluding hydrogens is 296 g/mol. The number of carbonyl (C=O) groups is 1. The van der Waals surface area contributed by atoms with Gasteiger partial charge >= 0.3 is 0 Å². The summed E-state index contributed by atoms with van der Waals surface area (Å²) in [5, 5.41) is 7.01. The smallest absolute Gasteiger partial charge is 0.255 e. The van der Waals surface area contributed by atoms with E-state index >= 15 is 0 Å². The summed E-state index contributed by atoms with van der Waals surface area (Å²) < 4.78 is 5.40. The first-order valence-electron chi connectivity index (χ1n) is 6.97. The van der Waals surface area contributed by atoms with Crippen molar-refractivity contribution >= 4 is 17.2 Å². The molecule has 3 aromatic rings. The molecule has 0 fully saturated rings. The molecule has 1 N–H and O–H groups in total. The average molecular weight is 312 g/mol.